The minimum atomic E-state index is 0.366. The first-order valence-corrected chi connectivity index (χ1v) is 25.4. The predicted molar refractivity (Wildman–Crippen MR) is 309 cm³/mol. The summed E-state index contributed by atoms with van der Waals surface area (Å²) in [6.45, 7) is 0. The van der Waals surface area contributed by atoms with Crippen molar-refractivity contribution in [2.24, 2.45) is 0 Å². The summed E-state index contributed by atoms with van der Waals surface area (Å²) in [7, 11) is 0. The van der Waals surface area contributed by atoms with Gasteiger partial charge in [-0.15, -0.1) is 0 Å². The van der Waals surface area contributed by atoms with E-state index in [-0.39, 0.29) is 0 Å². The first-order chi connectivity index (χ1) is 36.7. The van der Waals surface area contributed by atoms with Crippen LogP contribution in [0.5, 0.6) is 0 Å². The van der Waals surface area contributed by atoms with Gasteiger partial charge in [-0.3, -0.25) is 0 Å². The summed E-state index contributed by atoms with van der Waals surface area (Å²) in [5.74, 6) is 1.02. The molecule has 1 unspecified atom stereocenters. The van der Waals surface area contributed by atoms with Crippen LogP contribution in [0, 0.1) is 0 Å². The molecule has 74 heavy (non-hydrogen) atoms. The minimum absolute atomic E-state index is 0.366. The van der Waals surface area contributed by atoms with E-state index in [9.17, 15) is 0 Å². The minimum Gasteiger partial charge on any atom is -0.247 e. The van der Waals surface area contributed by atoms with Gasteiger partial charge in [0.2, 0.25) is 0 Å². The molecule has 3 heterocycles. The first kappa shape index (κ1) is 43.2. The van der Waals surface area contributed by atoms with Gasteiger partial charge in [-0.25, -0.2) is 19.9 Å². The second-order valence-corrected chi connectivity index (χ2v) is 19.2. The van der Waals surface area contributed by atoms with Crippen LogP contribution >= 0.6 is 0 Å². The normalized spacial score (nSPS) is 13.4. The predicted octanol–water partition coefficient (Wildman–Crippen LogP) is 18.3. The highest BCUT2D eigenvalue weighted by atomic mass is 14.9. The fourth-order valence-electron chi connectivity index (χ4n) is 11.0. The molecule has 0 bridgehead atoms. The van der Waals surface area contributed by atoms with Crippen LogP contribution in [0.25, 0.3) is 133 Å². The Balaban J connectivity index is 0.960. The molecule has 3 aromatic heterocycles. The molecule has 0 saturated carbocycles. The molecule has 0 spiro atoms. The van der Waals surface area contributed by atoms with E-state index in [0.717, 1.165) is 117 Å². The molecule has 1 aliphatic rings. The van der Waals surface area contributed by atoms with Crippen LogP contribution in [0.1, 0.15) is 17.9 Å². The lowest BCUT2D eigenvalue weighted by molar-refractivity contribution is 0.854. The van der Waals surface area contributed by atoms with E-state index in [1.807, 2.05) is 0 Å². The van der Waals surface area contributed by atoms with Crippen LogP contribution in [-0.4, -0.2) is 19.9 Å². The van der Waals surface area contributed by atoms with Crippen LogP contribution in [-0.2, 0) is 0 Å². The van der Waals surface area contributed by atoms with Gasteiger partial charge in [-0.1, -0.05) is 237 Å². The molecule has 4 heteroatoms. The molecule has 13 aromatic rings. The summed E-state index contributed by atoms with van der Waals surface area (Å²) in [6, 6.07) is 84.5. The second kappa shape index (κ2) is 18.2. The Morgan fingerprint density at radius 1 is 0.297 bits per heavy atom. The Morgan fingerprint density at radius 3 is 1.31 bits per heavy atom. The molecule has 0 aliphatic heterocycles. The molecule has 14 rings (SSSR count). The molecule has 4 nitrogen and oxygen atoms in total. The molecule has 1 aliphatic carbocycles. The molecule has 0 saturated heterocycles. The van der Waals surface area contributed by atoms with Crippen LogP contribution in [0.15, 0.2) is 261 Å². The zero-order valence-corrected chi connectivity index (χ0v) is 40.4. The summed E-state index contributed by atoms with van der Waals surface area (Å²) in [6.07, 6.45) is 9.84. The van der Waals surface area contributed by atoms with E-state index in [1.54, 1.807) is 0 Å². The van der Waals surface area contributed by atoms with Crippen molar-refractivity contribution in [3.63, 3.8) is 0 Å². The molecular formula is C70H46N4. The third kappa shape index (κ3) is 7.72. The number of pyridine rings is 2. The van der Waals surface area contributed by atoms with Crippen molar-refractivity contribution < 1.29 is 0 Å². The van der Waals surface area contributed by atoms with Crippen molar-refractivity contribution >= 4 is 54.3 Å². The Hall–Kier alpha value is -9.64. The standard InChI is InChI=1S/C70H46N4/c1-3-15-45(16-4-1)47-27-29-49(30-28-47)55-43-62(50-33-31-48(32-34-50)46-17-5-2-6-18-46)69-63(44-55)68(53-37-35-51(36-38-53)66-60-23-9-7-19-56(60)58-21-11-13-25-64(58)71-66)73-70(74-69)54-41-39-52(40-42-54)67-61-24-10-8-20-57(61)59-22-12-14-26-65(59)72-67/h1-15,17-45H,16H2. The largest absolute Gasteiger partial charge is 0.247 e. The summed E-state index contributed by atoms with van der Waals surface area (Å²) in [5.41, 5.74) is 17.6. The van der Waals surface area contributed by atoms with Crippen molar-refractivity contribution in [1.82, 2.24) is 19.9 Å². The average molecular weight is 943 g/mol. The van der Waals surface area contributed by atoms with Crippen molar-refractivity contribution in [3.05, 3.63) is 266 Å². The fourth-order valence-corrected chi connectivity index (χ4v) is 11.0. The van der Waals surface area contributed by atoms with Gasteiger partial charge in [0.05, 0.1) is 33.6 Å². The second-order valence-electron chi connectivity index (χ2n) is 19.2. The van der Waals surface area contributed by atoms with Crippen molar-refractivity contribution in [1.29, 1.82) is 0 Å². The van der Waals surface area contributed by atoms with Crippen molar-refractivity contribution in [3.8, 4) is 78.5 Å². The zero-order chi connectivity index (χ0) is 49.0. The lowest BCUT2D eigenvalue weighted by Gasteiger charge is -2.17. The maximum Gasteiger partial charge on any atom is 0.160 e. The monoisotopic (exact) mass is 942 g/mol. The van der Waals surface area contributed by atoms with Gasteiger partial charge in [0.15, 0.2) is 5.82 Å². The highest BCUT2D eigenvalue weighted by Crippen LogP contribution is 2.42. The maximum absolute atomic E-state index is 5.57. The Labute approximate surface area is 429 Å². The third-order valence-corrected chi connectivity index (χ3v) is 14.8. The maximum atomic E-state index is 5.57. The van der Waals surface area contributed by atoms with E-state index >= 15 is 0 Å². The Morgan fingerprint density at radius 2 is 0.743 bits per heavy atom. The lowest BCUT2D eigenvalue weighted by Crippen LogP contribution is -1.99. The molecule has 1 atom stereocenters. The number of nitrogens with zero attached hydrogens (tertiary/aromatic N) is 4. The quantitative estimate of drug-likeness (QED) is 0.142. The highest BCUT2D eigenvalue weighted by Gasteiger charge is 2.20. The fraction of sp³-hybridized carbons (Fsp3) is 0.0286. The molecular weight excluding hydrogens is 897 g/mol. The first-order valence-electron chi connectivity index (χ1n) is 25.4. The summed E-state index contributed by atoms with van der Waals surface area (Å²) >= 11 is 0. The zero-order valence-electron chi connectivity index (χ0n) is 40.4. The van der Waals surface area contributed by atoms with Crippen molar-refractivity contribution in [2.45, 2.75) is 12.3 Å². The van der Waals surface area contributed by atoms with E-state index in [2.05, 4.69) is 261 Å². The van der Waals surface area contributed by atoms with Gasteiger partial charge in [0.1, 0.15) is 0 Å². The van der Waals surface area contributed by atoms with Gasteiger partial charge < -0.3 is 0 Å². The molecule has 0 radical (unpaired) electrons. The Kier molecular flexibility index (Phi) is 10.6. The summed E-state index contributed by atoms with van der Waals surface area (Å²) in [5, 5.41) is 7.90. The van der Waals surface area contributed by atoms with Gasteiger partial charge >= 0.3 is 0 Å². The number of rotatable bonds is 8. The number of hydrogen-bond acceptors (Lipinski definition) is 4. The van der Waals surface area contributed by atoms with E-state index in [0.29, 0.717) is 11.7 Å². The lowest BCUT2D eigenvalue weighted by atomic mass is 9.89. The van der Waals surface area contributed by atoms with Gasteiger partial charge in [0.25, 0.3) is 0 Å². The van der Waals surface area contributed by atoms with Crippen LogP contribution in [0.4, 0.5) is 0 Å². The number of para-hydroxylation sites is 2. The number of allylic oxidation sites excluding steroid dienone is 4. The van der Waals surface area contributed by atoms with Gasteiger partial charge in [0, 0.05) is 60.7 Å². The molecule has 0 amide bonds. The summed E-state index contributed by atoms with van der Waals surface area (Å²) in [4.78, 5) is 21.6. The topological polar surface area (TPSA) is 51.6 Å². The van der Waals surface area contributed by atoms with Gasteiger partial charge in [-0.2, -0.15) is 0 Å². The number of aromatic nitrogens is 4. The van der Waals surface area contributed by atoms with Crippen LogP contribution < -0.4 is 0 Å². The average Bonchev–Trinajstić information content (AvgIpc) is 3.49. The van der Waals surface area contributed by atoms with Crippen LogP contribution in [0.3, 0.4) is 0 Å². The van der Waals surface area contributed by atoms with Gasteiger partial charge in [-0.05, 0) is 74.8 Å². The summed E-state index contributed by atoms with van der Waals surface area (Å²) < 4.78 is 0. The third-order valence-electron chi connectivity index (χ3n) is 14.8. The number of benzene rings is 10. The van der Waals surface area contributed by atoms with E-state index < -0.39 is 0 Å². The van der Waals surface area contributed by atoms with E-state index in [4.69, 9.17) is 19.9 Å². The Bertz CT molecular complexity index is 4350. The molecule has 346 valence electrons. The van der Waals surface area contributed by atoms with E-state index in [1.165, 1.54) is 21.9 Å². The molecule has 0 N–H and O–H groups in total. The highest BCUT2D eigenvalue weighted by molar-refractivity contribution is 6.12. The number of hydrogen-bond donors (Lipinski definition) is 0. The van der Waals surface area contributed by atoms with Crippen LogP contribution in [0.2, 0.25) is 0 Å². The number of fused-ring (bicyclic) bond motifs is 7. The molecule has 0 fully saturated rings. The smallest absolute Gasteiger partial charge is 0.160 e. The van der Waals surface area contributed by atoms with Crippen molar-refractivity contribution in [2.75, 3.05) is 0 Å². The SMILES string of the molecule is C1=CCC(c2ccc(-c3cc(-c4ccc(-c5ccccc5)cc4)c4nc(-c5ccc(-c6nc7ccccc7c7ccccc67)cc5)nc(-c5ccc(-c6nc7ccccc7c7ccccc67)cc5)c4c3)cc2)C=C1. The molecule has 10 aromatic carbocycles.